The van der Waals surface area contributed by atoms with E-state index < -0.39 is 17.7 Å². The molecule has 3 aromatic rings. The Morgan fingerprint density at radius 2 is 1.80 bits per heavy atom. The predicted molar refractivity (Wildman–Crippen MR) is 88.1 cm³/mol. The quantitative estimate of drug-likeness (QED) is 0.787. The number of benzene rings is 1. The summed E-state index contributed by atoms with van der Waals surface area (Å²) < 4.78 is 29.3. The van der Waals surface area contributed by atoms with Crippen molar-refractivity contribution in [1.82, 2.24) is 19.5 Å². The fourth-order valence-electron chi connectivity index (χ4n) is 3.27. The maximum absolute atomic E-state index is 13.9. The molecule has 2 aromatic heterocycles. The molecule has 1 N–H and O–H groups in total. The van der Waals surface area contributed by atoms with Gasteiger partial charge in [-0.15, -0.1) is 0 Å². The fourth-order valence-corrected chi connectivity index (χ4v) is 3.27. The number of nitrogens with zero attached hydrogens (tertiary/aromatic N) is 5. The van der Waals surface area contributed by atoms with Crippen LogP contribution in [0.15, 0.2) is 30.9 Å². The molecule has 1 saturated heterocycles. The molecule has 1 fully saturated rings. The Morgan fingerprint density at radius 3 is 2.52 bits per heavy atom. The number of imidazole rings is 1. The monoisotopic (exact) mass is 345 g/mol. The molecule has 0 aliphatic carbocycles. The number of hydrogen-bond donors (Lipinski definition) is 1. The summed E-state index contributed by atoms with van der Waals surface area (Å²) in [7, 11) is 0. The SMILES string of the molecule is OC(Cn1cnc2c(N3CCCC3)ncnc21)c1c(F)cccc1F. The Morgan fingerprint density at radius 1 is 1.08 bits per heavy atom. The number of rotatable bonds is 4. The molecule has 0 spiro atoms. The van der Waals surface area contributed by atoms with E-state index in [1.807, 2.05) is 0 Å². The van der Waals surface area contributed by atoms with E-state index >= 15 is 0 Å². The Bertz CT molecular complexity index is 887. The maximum Gasteiger partial charge on any atom is 0.165 e. The largest absolute Gasteiger partial charge is 0.386 e. The minimum absolute atomic E-state index is 0.0508. The molecule has 0 bridgehead atoms. The number of aromatic nitrogens is 4. The van der Waals surface area contributed by atoms with Crippen LogP contribution < -0.4 is 4.90 Å². The lowest BCUT2D eigenvalue weighted by Crippen LogP contribution is -2.19. The number of aliphatic hydroxyl groups is 1. The van der Waals surface area contributed by atoms with Gasteiger partial charge in [0.25, 0.3) is 0 Å². The van der Waals surface area contributed by atoms with E-state index in [4.69, 9.17) is 0 Å². The molecule has 4 rings (SSSR count). The summed E-state index contributed by atoms with van der Waals surface area (Å²) >= 11 is 0. The summed E-state index contributed by atoms with van der Waals surface area (Å²) in [5, 5.41) is 10.3. The van der Waals surface area contributed by atoms with Crippen LogP contribution in [0.1, 0.15) is 24.5 Å². The number of fused-ring (bicyclic) bond motifs is 1. The second-order valence-electron chi connectivity index (χ2n) is 6.11. The highest BCUT2D eigenvalue weighted by Gasteiger charge is 2.22. The molecule has 1 atom stereocenters. The third kappa shape index (κ3) is 2.82. The van der Waals surface area contributed by atoms with Crippen LogP contribution >= 0.6 is 0 Å². The summed E-state index contributed by atoms with van der Waals surface area (Å²) in [5.41, 5.74) is 0.816. The van der Waals surface area contributed by atoms with E-state index in [2.05, 4.69) is 19.9 Å². The summed E-state index contributed by atoms with van der Waals surface area (Å²) in [4.78, 5) is 15.1. The van der Waals surface area contributed by atoms with Crippen molar-refractivity contribution in [2.24, 2.45) is 0 Å². The topological polar surface area (TPSA) is 67.1 Å². The molecule has 6 nitrogen and oxygen atoms in total. The summed E-state index contributed by atoms with van der Waals surface area (Å²) in [6.07, 6.45) is 3.84. The molecule has 3 heterocycles. The minimum Gasteiger partial charge on any atom is -0.386 e. The van der Waals surface area contributed by atoms with Crippen molar-refractivity contribution in [3.63, 3.8) is 0 Å². The lowest BCUT2D eigenvalue weighted by molar-refractivity contribution is 0.148. The first kappa shape index (κ1) is 15.9. The van der Waals surface area contributed by atoms with Gasteiger partial charge >= 0.3 is 0 Å². The van der Waals surface area contributed by atoms with Crippen LogP contribution in [-0.4, -0.2) is 37.7 Å². The molecule has 130 valence electrons. The average molecular weight is 345 g/mol. The van der Waals surface area contributed by atoms with Crippen molar-refractivity contribution in [3.8, 4) is 0 Å². The zero-order chi connectivity index (χ0) is 17.4. The van der Waals surface area contributed by atoms with E-state index in [9.17, 15) is 13.9 Å². The van der Waals surface area contributed by atoms with Gasteiger partial charge in [0.05, 0.1) is 18.4 Å². The first-order chi connectivity index (χ1) is 12.1. The van der Waals surface area contributed by atoms with E-state index in [-0.39, 0.29) is 12.1 Å². The van der Waals surface area contributed by atoms with Gasteiger partial charge in [0.15, 0.2) is 17.0 Å². The Kier molecular flexibility index (Phi) is 4.04. The van der Waals surface area contributed by atoms with Gasteiger partial charge in [-0.2, -0.15) is 0 Å². The fraction of sp³-hybridized carbons (Fsp3) is 0.353. The van der Waals surface area contributed by atoms with Crippen molar-refractivity contribution < 1.29 is 13.9 Å². The summed E-state index contributed by atoms with van der Waals surface area (Å²) in [6, 6.07) is 3.52. The Hall–Kier alpha value is -2.61. The smallest absolute Gasteiger partial charge is 0.165 e. The van der Waals surface area contributed by atoms with Crippen molar-refractivity contribution in [2.45, 2.75) is 25.5 Å². The van der Waals surface area contributed by atoms with Gasteiger partial charge in [0.1, 0.15) is 24.1 Å². The van der Waals surface area contributed by atoms with Crippen LogP contribution in [-0.2, 0) is 6.54 Å². The molecule has 25 heavy (non-hydrogen) atoms. The van der Waals surface area contributed by atoms with E-state index in [0.29, 0.717) is 11.2 Å². The normalized spacial score (nSPS) is 15.9. The van der Waals surface area contributed by atoms with Crippen LogP contribution in [0.5, 0.6) is 0 Å². The van der Waals surface area contributed by atoms with Crippen molar-refractivity contribution in [1.29, 1.82) is 0 Å². The lowest BCUT2D eigenvalue weighted by Gasteiger charge is -2.16. The zero-order valence-corrected chi connectivity index (χ0v) is 13.4. The van der Waals surface area contributed by atoms with Gasteiger partial charge in [-0.25, -0.2) is 23.7 Å². The first-order valence-electron chi connectivity index (χ1n) is 8.18. The summed E-state index contributed by atoms with van der Waals surface area (Å²) in [6.45, 7) is 1.79. The average Bonchev–Trinajstić information content (AvgIpc) is 3.25. The number of anilines is 1. The molecule has 1 aliphatic heterocycles. The number of halogens is 2. The molecule has 8 heteroatoms. The molecule has 0 radical (unpaired) electrons. The lowest BCUT2D eigenvalue weighted by atomic mass is 10.1. The van der Waals surface area contributed by atoms with Crippen LogP contribution in [0.2, 0.25) is 0 Å². The molecular weight excluding hydrogens is 328 g/mol. The van der Waals surface area contributed by atoms with Gasteiger partial charge < -0.3 is 14.6 Å². The van der Waals surface area contributed by atoms with Gasteiger partial charge in [0, 0.05) is 13.1 Å². The van der Waals surface area contributed by atoms with E-state index in [1.165, 1.54) is 18.7 Å². The Balaban J connectivity index is 1.67. The standard InChI is InChI=1S/C17H17F2N5O/c18-11-4-3-5-12(19)14(11)13(25)8-24-10-22-15-16(20-9-21-17(15)24)23-6-1-2-7-23/h3-5,9-10,13,25H,1-2,6-8H2. The second-order valence-corrected chi connectivity index (χ2v) is 6.11. The van der Waals surface area contributed by atoms with E-state index in [1.54, 1.807) is 4.57 Å². The molecule has 0 saturated carbocycles. The maximum atomic E-state index is 13.9. The van der Waals surface area contributed by atoms with Crippen LogP contribution in [0, 0.1) is 11.6 Å². The molecule has 0 amide bonds. The molecule has 1 aromatic carbocycles. The van der Waals surface area contributed by atoms with Crippen LogP contribution in [0.3, 0.4) is 0 Å². The minimum atomic E-state index is -1.34. The predicted octanol–water partition coefficient (Wildman–Crippen LogP) is 2.44. The highest BCUT2D eigenvalue weighted by atomic mass is 19.1. The third-order valence-electron chi connectivity index (χ3n) is 4.49. The van der Waals surface area contributed by atoms with Crippen LogP contribution in [0.4, 0.5) is 14.6 Å². The zero-order valence-electron chi connectivity index (χ0n) is 13.4. The first-order valence-corrected chi connectivity index (χ1v) is 8.18. The second kappa shape index (κ2) is 6.36. The van der Waals surface area contributed by atoms with Crippen molar-refractivity contribution in [2.75, 3.05) is 18.0 Å². The van der Waals surface area contributed by atoms with Gasteiger partial charge in [0.2, 0.25) is 0 Å². The van der Waals surface area contributed by atoms with Gasteiger partial charge in [-0.1, -0.05) is 6.07 Å². The third-order valence-corrected chi connectivity index (χ3v) is 4.49. The molecular formula is C17H17F2N5O. The van der Waals surface area contributed by atoms with E-state index in [0.717, 1.165) is 43.9 Å². The van der Waals surface area contributed by atoms with Gasteiger partial charge in [-0.3, -0.25) is 0 Å². The van der Waals surface area contributed by atoms with Crippen molar-refractivity contribution in [3.05, 3.63) is 48.1 Å². The molecule has 1 aliphatic rings. The molecule has 1 unspecified atom stereocenters. The number of aliphatic hydroxyl groups excluding tert-OH is 1. The number of hydrogen-bond acceptors (Lipinski definition) is 5. The van der Waals surface area contributed by atoms with Gasteiger partial charge in [-0.05, 0) is 25.0 Å². The van der Waals surface area contributed by atoms with Crippen LogP contribution in [0.25, 0.3) is 11.2 Å². The Labute approximate surface area is 142 Å². The highest BCUT2D eigenvalue weighted by Crippen LogP contribution is 2.27. The highest BCUT2D eigenvalue weighted by molar-refractivity contribution is 5.83. The van der Waals surface area contributed by atoms with Crippen molar-refractivity contribution >= 4 is 17.0 Å². The summed E-state index contributed by atoms with van der Waals surface area (Å²) in [5.74, 6) is -0.790.